The zero-order chi connectivity index (χ0) is 20.2. The van der Waals surface area contributed by atoms with Crippen molar-refractivity contribution in [3.63, 3.8) is 0 Å². The molecular weight excluding hydrogens is 360 g/mol. The Kier molecular flexibility index (Phi) is 3.84. The number of imidazole rings is 1. The molecule has 0 spiro atoms. The zero-order valence-electron chi connectivity index (χ0n) is 17.2. The van der Waals surface area contributed by atoms with Crippen LogP contribution in [0.3, 0.4) is 0 Å². The zero-order valence-corrected chi connectivity index (χ0v) is 17.2. The Bertz CT molecular complexity index is 1200. The number of hydrogen-bond acceptors (Lipinski definition) is 4. The Morgan fingerprint density at radius 2 is 1.90 bits per heavy atom. The topological polar surface area (TPSA) is 51.8 Å². The molecule has 1 aliphatic rings. The van der Waals surface area contributed by atoms with Gasteiger partial charge >= 0.3 is 0 Å². The van der Waals surface area contributed by atoms with Gasteiger partial charge in [-0.15, -0.1) is 0 Å². The molecule has 0 atom stereocenters. The van der Waals surface area contributed by atoms with Crippen molar-refractivity contribution in [1.29, 1.82) is 0 Å². The van der Waals surface area contributed by atoms with E-state index >= 15 is 0 Å². The summed E-state index contributed by atoms with van der Waals surface area (Å²) in [6, 6.07) is 12.8. The molecular formula is C23H24N6. The number of fused-ring (bicyclic) bond motifs is 1. The Hall–Kier alpha value is -3.41. The second-order valence-electron chi connectivity index (χ2n) is 8.37. The van der Waals surface area contributed by atoms with Crippen molar-refractivity contribution >= 4 is 11.5 Å². The highest BCUT2D eigenvalue weighted by Crippen LogP contribution is 2.45. The third-order valence-corrected chi connectivity index (χ3v) is 5.60. The molecule has 6 nitrogen and oxygen atoms in total. The van der Waals surface area contributed by atoms with Crippen LogP contribution >= 0.6 is 0 Å². The molecule has 0 bridgehead atoms. The first-order valence-corrected chi connectivity index (χ1v) is 9.80. The fourth-order valence-electron chi connectivity index (χ4n) is 4.11. The van der Waals surface area contributed by atoms with Gasteiger partial charge in [0.25, 0.3) is 0 Å². The minimum absolute atomic E-state index is 0.0688. The van der Waals surface area contributed by atoms with Crippen molar-refractivity contribution in [2.75, 3.05) is 11.4 Å². The maximum Gasteiger partial charge on any atom is 0.155 e. The van der Waals surface area contributed by atoms with Crippen molar-refractivity contribution < 1.29 is 0 Å². The number of rotatable bonds is 3. The standard InChI is InChI=1S/C23H24N6/c1-16-11-18(7-9-24-16)28-13-20(25-15-28)17-5-6-19-21(12-17)29(14-23(19,2)3)22-8-10-27(4)26-22/h5-13,15H,14H2,1-4H3. The predicted molar refractivity (Wildman–Crippen MR) is 115 cm³/mol. The highest BCUT2D eigenvalue weighted by atomic mass is 15.3. The van der Waals surface area contributed by atoms with Gasteiger partial charge in [0.05, 0.1) is 12.0 Å². The van der Waals surface area contributed by atoms with Gasteiger partial charge in [-0.2, -0.15) is 5.10 Å². The molecule has 0 radical (unpaired) electrons. The van der Waals surface area contributed by atoms with Gasteiger partial charge in [0, 0.05) is 66.3 Å². The average molecular weight is 384 g/mol. The van der Waals surface area contributed by atoms with Gasteiger partial charge in [-0.25, -0.2) is 4.98 Å². The van der Waals surface area contributed by atoms with E-state index in [1.807, 2.05) is 48.0 Å². The molecule has 0 saturated carbocycles. The fraction of sp³-hybridized carbons (Fsp3) is 0.261. The molecule has 3 aromatic heterocycles. The molecule has 0 saturated heterocycles. The van der Waals surface area contributed by atoms with E-state index in [0.717, 1.165) is 35.0 Å². The van der Waals surface area contributed by atoms with Crippen LogP contribution in [0.25, 0.3) is 16.9 Å². The van der Waals surface area contributed by atoms with E-state index in [9.17, 15) is 0 Å². The first-order chi connectivity index (χ1) is 13.9. The number of aryl methyl sites for hydroxylation is 2. The van der Waals surface area contributed by atoms with Crippen LogP contribution in [0.4, 0.5) is 11.5 Å². The molecule has 4 heterocycles. The highest BCUT2D eigenvalue weighted by Gasteiger charge is 2.36. The van der Waals surface area contributed by atoms with Crippen molar-refractivity contribution in [3.8, 4) is 16.9 Å². The summed E-state index contributed by atoms with van der Waals surface area (Å²) in [4.78, 5) is 11.2. The van der Waals surface area contributed by atoms with Crippen LogP contribution in [0.15, 0.2) is 61.3 Å². The summed E-state index contributed by atoms with van der Waals surface area (Å²) < 4.78 is 3.89. The second-order valence-corrected chi connectivity index (χ2v) is 8.37. The minimum atomic E-state index is 0.0688. The van der Waals surface area contributed by atoms with Crippen molar-refractivity contribution in [3.05, 3.63) is 72.6 Å². The Morgan fingerprint density at radius 1 is 1.03 bits per heavy atom. The molecule has 1 aliphatic heterocycles. The molecule has 4 aromatic rings. The van der Waals surface area contributed by atoms with Crippen molar-refractivity contribution in [1.82, 2.24) is 24.3 Å². The number of anilines is 2. The third kappa shape index (κ3) is 3.01. The largest absolute Gasteiger partial charge is 0.324 e. The predicted octanol–water partition coefficient (Wildman–Crippen LogP) is 4.41. The van der Waals surface area contributed by atoms with Gasteiger partial charge in [-0.05, 0) is 30.7 Å². The molecule has 1 aromatic carbocycles. The van der Waals surface area contributed by atoms with E-state index in [-0.39, 0.29) is 5.41 Å². The van der Waals surface area contributed by atoms with Crippen LogP contribution in [0.1, 0.15) is 25.1 Å². The Balaban J connectivity index is 1.55. The third-order valence-electron chi connectivity index (χ3n) is 5.60. The van der Waals surface area contributed by atoms with Gasteiger partial charge in [0.15, 0.2) is 5.82 Å². The summed E-state index contributed by atoms with van der Waals surface area (Å²) in [5.41, 5.74) is 6.73. The number of pyridine rings is 1. The van der Waals surface area contributed by atoms with E-state index in [2.05, 4.69) is 70.3 Å². The summed E-state index contributed by atoms with van der Waals surface area (Å²) in [7, 11) is 1.95. The maximum atomic E-state index is 4.66. The molecule has 0 unspecified atom stereocenters. The van der Waals surface area contributed by atoms with Gasteiger partial charge in [-0.1, -0.05) is 26.0 Å². The molecule has 146 valence electrons. The average Bonchev–Trinajstić information content (AvgIpc) is 3.40. The van der Waals surface area contributed by atoms with Gasteiger partial charge in [0.1, 0.15) is 0 Å². The molecule has 0 N–H and O–H groups in total. The van der Waals surface area contributed by atoms with Crippen LogP contribution < -0.4 is 4.90 Å². The van der Waals surface area contributed by atoms with Crippen molar-refractivity contribution in [2.45, 2.75) is 26.2 Å². The van der Waals surface area contributed by atoms with Crippen LogP contribution in [0.2, 0.25) is 0 Å². The smallest absolute Gasteiger partial charge is 0.155 e. The molecule has 29 heavy (non-hydrogen) atoms. The Morgan fingerprint density at radius 3 is 2.66 bits per heavy atom. The van der Waals surface area contributed by atoms with Gasteiger partial charge in [0.2, 0.25) is 0 Å². The highest BCUT2D eigenvalue weighted by molar-refractivity contribution is 5.76. The van der Waals surface area contributed by atoms with E-state index in [0.29, 0.717) is 0 Å². The molecule has 6 heteroatoms. The van der Waals surface area contributed by atoms with Crippen LogP contribution in [-0.4, -0.2) is 30.9 Å². The van der Waals surface area contributed by atoms with Crippen molar-refractivity contribution in [2.24, 2.45) is 7.05 Å². The van der Waals surface area contributed by atoms with E-state index < -0.39 is 0 Å². The van der Waals surface area contributed by atoms with Crippen LogP contribution in [0.5, 0.6) is 0 Å². The maximum absolute atomic E-state index is 4.66. The summed E-state index contributed by atoms with van der Waals surface area (Å²) in [6.45, 7) is 7.48. The summed E-state index contributed by atoms with van der Waals surface area (Å²) in [5.74, 6) is 0.981. The summed E-state index contributed by atoms with van der Waals surface area (Å²) in [6.07, 6.45) is 7.74. The van der Waals surface area contributed by atoms with Gasteiger partial charge in [-0.3, -0.25) is 9.67 Å². The first kappa shape index (κ1) is 17.7. The summed E-state index contributed by atoms with van der Waals surface area (Å²) in [5, 5.41) is 4.63. The first-order valence-electron chi connectivity index (χ1n) is 9.80. The SMILES string of the molecule is Cc1cc(-n2cnc(-c3ccc4c(c3)N(c3ccn(C)n3)CC4(C)C)c2)ccn1. The number of hydrogen-bond donors (Lipinski definition) is 0. The molecule has 5 rings (SSSR count). The lowest BCUT2D eigenvalue weighted by molar-refractivity contribution is 0.566. The monoisotopic (exact) mass is 384 g/mol. The molecule has 0 amide bonds. The fourth-order valence-corrected chi connectivity index (χ4v) is 4.11. The lowest BCUT2D eigenvalue weighted by Gasteiger charge is -2.20. The molecule has 0 aliphatic carbocycles. The molecule has 0 fully saturated rings. The number of aromatic nitrogens is 5. The normalized spacial score (nSPS) is 15.0. The lowest BCUT2D eigenvalue weighted by atomic mass is 9.86. The minimum Gasteiger partial charge on any atom is -0.324 e. The second kappa shape index (κ2) is 6.30. The number of benzene rings is 1. The lowest BCUT2D eigenvalue weighted by Crippen LogP contribution is -2.25. The van der Waals surface area contributed by atoms with Crippen LogP contribution in [-0.2, 0) is 12.5 Å². The van der Waals surface area contributed by atoms with E-state index in [1.54, 1.807) is 0 Å². The summed E-state index contributed by atoms with van der Waals surface area (Å²) >= 11 is 0. The Labute approximate surface area is 170 Å². The number of nitrogens with zero attached hydrogens (tertiary/aromatic N) is 6. The van der Waals surface area contributed by atoms with E-state index in [4.69, 9.17) is 0 Å². The van der Waals surface area contributed by atoms with E-state index in [1.165, 1.54) is 11.3 Å². The van der Waals surface area contributed by atoms with Crippen LogP contribution in [0, 0.1) is 6.92 Å². The van der Waals surface area contributed by atoms with Gasteiger partial charge < -0.3 is 9.47 Å². The quantitative estimate of drug-likeness (QED) is 0.525.